The SMILES string of the molecule is COC(=O)C1=CC2=NN=C(Br)[C@H]2C=C1. The van der Waals surface area contributed by atoms with Crippen molar-refractivity contribution in [3.05, 3.63) is 23.8 Å². The van der Waals surface area contributed by atoms with Crippen LogP contribution in [0.15, 0.2) is 34.0 Å². The summed E-state index contributed by atoms with van der Waals surface area (Å²) in [7, 11) is 1.35. The smallest absolute Gasteiger partial charge is 0.337 e. The van der Waals surface area contributed by atoms with E-state index < -0.39 is 0 Å². The van der Waals surface area contributed by atoms with Crippen molar-refractivity contribution in [2.45, 2.75) is 0 Å². The van der Waals surface area contributed by atoms with Gasteiger partial charge in [-0.2, -0.15) is 5.10 Å². The Labute approximate surface area is 89.2 Å². The van der Waals surface area contributed by atoms with Crippen LogP contribution in [0.25, 0.3) is 0 Å². The summed E-state index contributed by atoms with van der Waals surface area (Å²) in [6.07, 6.45) is 5.28. The number of hydrogen-bond donors (Lipinski definition) is 0. The largest absolute Gasteiger partial charge is 0.465 e. The van der Waals surface area contributed by atoms with E-state index in [1.807, 2.05) is 6.08 Å². The maximum absolute atomic E-state index is 11.2. The van der Waals surface area contributed by atoms with Gasteiger partial charge in [0.05, 0.1) is 24.3 Å². The van der Waals surface area contributed by atoms with Crippen LogP contribution >= 0.6 is 15.9 Å². The Bertz CT molecular complexity index is 407. The molecule has 1 aliphatic heterocycles. The highest BCUT2D eigenvalue weighted by molar-refractivity contribution is 9.18. The molecule has 5 heteroatoms. The van der Waals surface area contributed by atoms with Crippen molar-refractivity contribution in [3.63, 3.8) is 0 Å². The molecule has 0 aromatic carbocycles. The number of hydrogen-bond acceptors (Lipinski definition) is 4. The zero-order valence-corrected chi connectivity index (χ0v) is 8.98. The maximum atomic E-state index is 11.2. The summed E-state index contributed by atoms with van der Waals surface area (Å²) < 4.78 is 5.37. The van der Waals surface area contributed by atoms with Gasteiger partial charge in [0.25, 0.3) is 0 Å². The number of ether oxygens (including phenoxy) is 1. The molecule has 0 saturated carbocycles. The van der Waals surface area contributed by atoms with E-state index >= 15 is 0 Å². The average Bonchev–Trinajstić information content (AvgIpc) is 2.59. The normalized spacial score (nSPS) is 23.6. The molecule has 0 aromatic rings. The molecule has 0 N–H and O–H groups in total. The number of halogens is 1. The van der Waals surface area contributed by atoms with Gasteiger partial charge in [0.2, 0.25) is 0 Å². The summed E-state index contributed by atoms with van der Waals surface area (Å²) in [6.45, 7) is 0. The summed E-state index contributed by atoms with van der Waals surface area (Å²) in [5.41, 5.74) is 1.26. The molecule has 2 aliphatic rings. The summed E-state index contributed by atoms with van der Waals surface area (Å²) in [4.78, 5) is 11.2. The third-order valence-corrected chi connectivity index (χ3v) is 2.68. The Kier molecular flexibility index (Phi) is 2.33. The number of methoxy groups -OCH3 is 1. The van der Waals surface area contributed by atoms with Gasteiger partial charge in [-0.3, -0.25) is 0 Å². The molecule has 0 fully saturated rings. The Morgan fingerprint density at radius 3 is 3.07 bits per heavy atom. The van der Waals surface area contributed by atoms with Gasteiger partial charge in [-0.05, 0) is 22.0 Å². The number of allylic oxidation sites excluding steroid dienone is 2. The summed E-state index contributed by atoms with van der Waals surface area (Å²) >= 11 is 3.29. The quantitative estimate of drug-likeness (QED) is 0.665. The van der Waals surface area contributed by atoms with Crippen LogP contribution in [-0.4, -0.2) is 23.4 Å². The first-order chi connectivity index (χ1) is 6.72. The van der Waals surface area contributed by atoms with Gasteiger partial charge in [0.1, 0.15) is 4.62 Å². The van der Waals surface area contributed by atoms with Gasteiger partial charge >= 0.3 is 5.97 Å². The first-order valence-corrected chi connectivity index (χ1v) is 4.81. The third-order valence-electron chi connectivity index (χ3n) is 2.03. The third kappa shape index (κ3) is 1.43. The summed E-state index contributed by atoms with van der Waals surface area (Å²) in [5.74, 6) is -0.297. The molecule has 14 heavy (non-hydrogen) atoms. The molecular weight excluding hydrogens is 248 g/mol. The van der Waals surface area contributed by atoms with Crippen molar-refractivity contribution in [1.82, 2.24) is 0 Å². The monoisotopic (exact) mass is 254 g/mol. The van der Waals surface area contributed by atoms with E-state index in [1.54, 1.807) is 12.2 Å². The van der Waals surface area contributed by atoms with Crippen molar-refractivity contribution < 1.29 is 9.53 Å². The lowest BCUT2D eigenvalue weighted by Crippen LogP contribution is -2.17. The van der Waals surface area contributed by atoms with Gasteiger partial charge in [-0.1, -0.05) is 12.2 Å². The van der Waals surface area contributed by atoms with Crippen molar-refractivity contribution in [2.24, 2.45) is 16.1 Å². The second kappa shape index (κ2) is 3.49. The van der Waals surface area contributed by atoms with Crippen LogP contribution in [0.4, 0.5) is 0 Å². The molecule has 0 radical (unpaired) electrons. The summed E-state index contributed by atoms with van der Waals surface area (Å²) in [5, 5.41) is 7.80. The molecule has 1 aliphatic carbocycles. The lowest BCUT2D eigenvalue weighted by Gasteiger charge is -2.10. The molecule has 1 atom stereocenters. The molecule has 0 spiro atoms. The van der Waals surface area contributed by atoms with Crippen LogP contribution in [-0.2, 0) is 9.53 Å². The maximum Gasteiger partial charge on any atom is 0.337 e. The van der Waals surface area contributed by atoms with E-state index in [2.05, 4.69) is 30.9 Å². The minimum atomic E-state index is -0.356. The molecule has 0 saturated heterocycles. The first-order valence-electron chi connectivity index (χ1n) is 4.01. The van der Waals surface area contributed by atoms with Crippen LogP contribution in [0.1, 0.15) is 0 Å². The topological polar surface area (TPSA) is 51.0 Å². The van der Waals surface area contributed by atoms with Crippen LogP contribution in [0.3, 0.4) is 0 Å². The average molecular weight is 255 g/mol. The molecule has 2 rings (SSSR count). The Balaban J connectivity index is 2.26. The molecule has 72 valence electrons. The van der Waals surface area contributed by atoms with Crippen LogP contribution in [0.5, 0.6) is 0 Å². The zero-order valence-electron chi connectivity index (χ0n) is 7.40. The molecule has 0 aromatic heterocycles. The van der Waals surface area contributed by atoms with Crippen molar-refractivity contribution >= 4 is 32.2 Å². The molecule has 0 unspecified atom stereocenters. The van der Waals surface area contributed by atoms with E-state index in [-0.39, 0.29) is 11.9 Å². The molecule has 0 amide bonds. The molecule has 4 nitrogen and oxygen atoms in total. The van der Waals surface area contributed by atoms with Crippen LogP contribution < -0.4 is 0 Å². The van der Waals surface area contributed by atoms with Crippen molar-refractivity contribution in [3.8, 4) is 0 Å². The Morgan fingerprint density at radius 2 is 2.36 bits per heavy atom. The van der Waals surface area contributed by atoms with Gasteiger partial charge in [-0.15, -0.1) is 5.10 Å². The van der Waals surface area contributed by atoms with Gasteiger partial charge in [0, 0.05) is 0 Å². The number of fused-ring (bicyclic) bond motifs is 1. The standard InChI is InChI=1S/C9H7BrN2O2/c1-14-9(13)5-2-3-6-7(4-5)11-12-8(6)10/h2-4,6H,1H3/t6-/m0/s1. The fourth-order valence-electron chi connectivity index (χ4n) is 1.30. The highest BCUT2D eigenvalue weighted by Crippen LogP contribution is 2.23. The van der Waals surface area contributed by atoms with E-state index in [0.29, 0.717) is 5.57 Å². The Hall–Kier alpha value is -1.23. The van der Waals surface area contributed by atoms with Gasteiger partial charge in [-0.25, -0.2) is 4.79 Å². The molecular formula is C9H7BrN2O2. The highest BCUT2D eigenvalue weighted by atomic mass is 79.9. The minimum Gasteiger partial charge on any atom is -0.465 e. The second-order valence-electron chi connectivity index (χ2n) is 2.88. The van der Waals surface area contributed by atoms with Crippen molar-refractivity contribution in [2.75, 3.05) is 7.11 Å². The number of carbonyl (C=O) groups excluding carboxylic acids is 1. The van der Waals surface area contributed by atoms with E-state index in [4.69, 9.17) is 0 Å². The lowest BCUT2D eigenvalue weighted by atomic mass is 9.96. The van der Waals surface area contributed by atoms with Crippen LogP contribution in [0, 0.1) is 5.92 Å². The number of esters is 1. The number of carbonyl (C=O) groups is 1. The lowest BCUT2D eigenvalue weighted by molar-refractivity contribution is -0.135. The van der Waals surface area contributed by atoms with E-state index in [1.165, 1.54) is 7.11 Å². The first kappa shape index (κ1) is 9.33. The molecule has 1 heterocycles. The zero-order chi connectivity index (χ0) is 10.1. The fraction of sp³-hybridized carbons (Fsp3) is 0.222. The van der Waals surface area contributed by atoms with Crippen molar-refractivity contribution in [1.29, 1.82) is 0 Å². The summed E-state index contributed by atoms with van der Waals surface area (Å²) in [6, 6.07) is 0. The fourth-order valence-corrected chi connectivity index (χ4v) is 1.77. The number of nitrogens with zero attached hydrogens (tertiary/aromatic N) is 2. The Morgan fingerprint density at radius 1 is 1.57 bits per heavy atom. The minimum absolute atomic E-state index is 0.0587. The van der Waals surface area contributed by atoms with Gasteiger partial charge in [0.15, 0.2) is 0 Å². The second-order valence-corrected chi connectivity index (χ2v) is 3.69. The van der Waals surface area contributed by atoms with Gasteiger partial charge < -0.3 is 4.74 Å². The predicted octanol–water partition coefficient (Wildman–Crippen LogP) is 1.43. The highest BCUT2D eigenvalue weighted by Gasteiger charge is 2.26. The van der Waals surface area contributed by atoms with Crippen LogP contribution in [0.2, 0.25) is 0 Å². The van der Waals surface area contributed by atoms with E-state index in [9.17, 15) is 4.79 Å². The molecule has 0 bridgehead atoms. The number of rotatable bonds is 1. The predicted molar refractivity (Wildman–Crippen MR) is 56.5 cm³/mol. The van der Waals surface area contributed by atoms with E-state index in [0.717, 1.165) is 10.3 Å².